The molecule has 2 aliphatic carbocycles. The Hall–Kier alpha value is -3.89. The number of aliphatic imine (C=N–C) groups is 1. The van der Waals surface area contributed by atoms with Gasteiger partial charge < -0.3 is 21.1 Å². The second-order valence-electron chi connectivity index (χ2n) is 10.7. The van der Waals surface area contributed by atoms with Gasteiger partial charge in [-0.25, -0.2) is 4.99 Å². The molecule has 4 N–H and O–H groups in total. The van der Waals surface area contributed by atoms with Crippen LogP contribution in [-0.4, -0.2) is 41.9 Å². The van der Waals surface area contributed by atoms with Crippen LogP contribution >= 0.6 is 0 Å². The van der Waals surface area contributed by atoms with Gasteiger partial charge in [0.2, 0.25) is 18.0 Å². The summed E-state index contributed by atoms with van der Waals surface area (Å²) in [6.45, 7) is 0. The Morgan fingerprint density at radius 1 is 1.05 bits per heavy atom. The predicted octanol–water partition coefficient (Wildman–Crippen LogP) is 4.32. The number of halogens is 3. The maximum Gasteiger partial charge on any atom is 0.389 e. The molecule has 212 valence electrons. The molecule has 2 saturated carbocycles. The molecule has 0 bridgehead atoms. The molecule has 11 heteroatoms. The van der Waals surface area contributed by atoms with Crippen molar-refractivity contribution in [3.63, 3.8) is 0 Å². The fourth-order valence-corrected chi connectivity index (χ4v) is 4.96. The quantitative estimate of drug-likeness (QED) is 0.382. The highest BCUT2D eigenvalue weighted by atomic mass is 19.4. The van der Waals surface area contributed by atoms with Gasteiger partial charge in [0.05, 0.1) is 17.5 Å². The summed E-state index contributed by atoms with van der Waals surface area (Å²) < 4.78 is 45.0. The monoisotopic (exact) mass is 556 g/mol. The maximum atomic E-state index is 13.6. The van der Waals surface area contributed by atoms with E-state index < -0.39 is 54.7 Å². The molecule has 5 rings (SSSR count). The van der Waals surface area contributed by atoms with Crippen LogP contribution in [0.3, 0.4) is 0 Å². The number of benzene rings is 2. The van der Waals surface area contributed by atoms with Gasteiger partial charge in [0.15, 0.2) is 0 Å². The molecule has 0 aromatic heterocycles. The van der Waals surface area contributed by atoms with Crippen LogP contribution in [0.15, 0.2) is 53.5 Å². The number of hydrogen-bond donors (Lipinski definition) is 3. The third kappa shape index (κ3) is 6.81. The molecule has 8 nitrogen and oxygen atoms in total. The van der Waals surface area contributed by atoms with Crippen LogP contribution in [0.25, 0.3) is 0 Å². The van der Waals surface area contributed by atoms with Crippen molar-refractivity contribution in [2.75, 3.05) is 5.32 Å². The number of carbonyl (C=O) groups is 3. The summed E-state index contributed by atoms with van der Waals surface area (Å²) in [5.74, 6) is -4.19. The molecular weight excluding hydrogens is 525 g/mol. The van der Waals surface area contributed by atoms with E-state index in [-0.39, 0.29) is 18.4 Å². The smallest absolute Gasteiger partial charge is 0.389 e. The van der Waals surface area contributed by atoms with Gasteiger partial charge in [-0.2, -0.15) is 13.2 Å². The lowest BCUT2D eigenvalue weighted by Crippen LogP contribution is -2.48. The van der Waals surface area contributed by atoms with Gasteiger partial charge in [-0.1, -0.05) is 55.3 Å². The van der Waals surface area contributed by atoms with Crippen molar-refractivity contribution in [3.05, 3.63) is 59.7 Å². The summed E-state index contributed by atoms with van der Waals surface area (Å²) >= 11 is 0. The van der Waals surface area contributed by atoms with E-state index in [1.165, 1.54) is 0 Å². The summed E-state index contributed by atoms with van der Waals surface area (Å²) in [5, 5.41) is 5.45. The van der Waals surface area contributed by atoms with E-state index in [1.807, 2.05) is 30.3 Å². The summed E-state index contributed by atoms with van der Waals surface area (Å²) in [7, 11) is 0. The van der Waals surface area contributed by atoms with Crippen molar-refractivity contribution in [1.29, 1.82) is 0 Å². The van der Waals surface area contributed by atoms with E-state index in [0.717, 1.165) is 25.7 Å². The number of benzodiazepines with no additional fused rings is 1. The minimum absolute atomic E-state index is 0.0601. The zero-order chi connectivity index (χ0) is 28.4. The molecule has 1 heterocycles. The SMILES string of the molecule is NC(=O)[C@H](CCC(F)(F)F)[C@H](CC1CC1)C(=O)N[C@H]1N=C(c2ccccc2)c2cccc(OC3CC3)c2NC1=O. The minimum Gasteiger partial charge on any atom is -0.488 e. The zero-order valence-corrected chi connectivity index (χ0v) is 21.7. The van der Waals surface area contributed by atoms with Gasteiger partial charge >= 0.3 is 6.18 Å². The Kier molecular flexibility index (Phi) is 7.82. The topological polar surface area (TPSA) is 123 Å². The highest BCUT2D eigenvalue weighted by Crippen LogP contribution is 2.40. The van der Waals surface area contributed by atoms with Gasteiger partial charge in [-0.05, 0) is 37.7 Å². The van der Waals surface area contributed by atoms with E-state index in [4.69, 9.17) is 10.5 Å². The Balaban J connectivity index is 1.46. The molecule has 2 aromatic carbocycles. The number of nitrogens with zero attached hydrogens (tertiary/aromatic N) is 1. The molecule has 0 saturated heterocycles. The van der Waals surface area contributed by atoms with Gasteiger partial charge in [0.1, 0.15) is 5.75 Å². The molecule has 0 spiro atoms. The lowest BCUT2D eigenvalue weighted by atomic mass is 9.83. The summed E-state index contributed by atoms with van der Waals surface area (Å²) in [6.07, 6.45) is -4.03. The molecule has 2 fully saturated rings. The summed E-state index contributed by atoms with van der Waals surface area (Å²) in [5.41, 5.74) is 7.65. The number of anilines is 1. The van der Waals surface area contributed by atoms with Crippen molar-refractivity contribution in [3.8, 4) is 5.75 Å². The number of primary amides is 1. The number of nitrogens with one attached hydrogen (secondary N) is 2. The van der Waals surface area contributed by atoms with E-state index >= 15 is 0 Å². The van der Waals surface area contributed by atoms with Gasteiger partial charge in [0, 0.05) is 29.4 Å². The normalized spacial score (nSPS) is 20.3. The maximum absolute atomic E-state index is 13.6. The van der Waals surface area contributed by atoms with Crippen LogP contribution in [-0.2, 0) is 14.4 Å². The average Bonchev–Trinajstić information content (AvgIpc) is 3.82. The number of amides is 3. The number of nitrogens with two attached hydrogens (primary N) is 1. The van der Waals surface area contributed by atoms with Crippen LogP contribution in [0.4, 0.5) is 18.9 Å². The summed E-state index contributed by atoms with van der Waals surface area (Å²) in [6, 6.07) is 14.5. The van der Waals surface area contributed by atoms with E-state index in [0.29, 0.717) is 28.3 Å². The first-order valence-electron chi connectivity index (χ1n) is 13.5. The lowest BCUT2D eigenvalue weighted by Gasteiger charge is -2.26. The number of carbonyl (C=O) groups excluding carboxylic acids is 3. The van der Waals surface area contributed by atoms with Gasteiger partial charge in [-0.3, -0.25) is 14.4 Å². The largest absolute Gasteiger partial charge is 0.488 e. The first-order valence-corrected chi connectivity index (χ1v) is 13.5. The van der Waals surface area contributed by atoms with Crippen LogP contribution in [0, 0.1) is 17.8 Å². The Bertz CT molecular complexity index is 1310. The Morgan fingerprint density at radius 2 is 1.77 bits per heavy atom. The zero-order valence-electron chi connectivity index (χ0n) is 21.7. The molecule has 3 atom stereocenters. The summed E-state index contributed by atoms with van der Waals surface area (Å²) in [4.78, 5) is 43.9. The molecule has 1 aliphatic heterocycles. The van der Waals surface area contributed by atoms with Crippen LogP contribution in [0.2, 0.25) is 0 Å². The van der Waals surface area contributed by atoms with E-state index in [9.17, 15) is 27.6 Å². The van der Waals surface area contributed by atoms with Crippen LogP contribution in [0.1, 0.15) is 56.1 Å². The van der Waals surface area contributed by atoms with Crippen molar-refractivity contribution in [1.82, 2.24) is 5.32 Å². The molecule has 3 aliphatic rings. The van der Waals surface area contributed by atoms with Crippen LogP contribution in [0.5, 0.6) is 5.75 Å². The third-order valence-corrected chi connectivity index (χ3v) is 7.39. The minimum atomic E-state index is -4.50. The second kappa shape index (κ2) is 11.3. The first-order chi connectivity index (χ1) is 19.1. The second-order valence-corrected chi connectivity index (χ2v) is 10.7. The Morgan fingerprint density at radius 3 is 2.40 bits per heavy atom. The number of ether oxygens (including phenoxy) is 1. The fourth-order valence-electron chi connectivity index (χ4n) is 4.96. The van der Waals surface area contributed by atoms with Crippen molar-refractivity contribution < 1.29 is 32.3 Å². The number of para-hydroxylation sites is 1. The van der Waals surface area contributed by atoms with Crippen molar-refractivity contribution >= 4 is 29.1 Å². The standard InChI is InChI=1S/C29H31F3N4O4/c30-29(31,32)14-13-19(25(33)37)21(15-16-9-10-16)27(38)36-26-28(39)35-24-20(7-4-8-22(24)40-18-11-12-18)23(34-26)17-5-2-1-3-6-17/h1-8,16,18-19,21,26H,9-15H2,(H2,33,37)(H,35,39)(H,36,38)/t19-,21+,26-/m1/s1. The van der Waals surface area contributed by atoms with Gasteiger partial charge in [-0.15, -0.1) is 0 Å². The Labute approximate surface area is 229 Å². The molecule has 0 unspecified atom stereocenters. The van der Waals surface area contributed by atoms with E-state index in [2.05, 4.69) is 15.6 Å². The number of alkyl halides is 3. The fraction of sp³-hybridized carbons (Fsp3) is 0.448. The predicted molar refractivity (Wildman–Crippen MR) is 142 cm³/mol. The van der Waals surface area contributed by atoms with Crippen molar-refractivity contribution in [2.24, 2.45) is 28.5 Å². The van der Waals surface area contributed by atoms with Crippen LogP contribution < -0.4 is 21.1 Å². The first kappa shape index (κ1) is 27.7. The highest BCUT2D eigenvalue weighted by molar-refractivity contribution is 6.20. The number of rotatable bonds is 11. The molecule has 0 radical (unpaired) electrons. The molecular formula is C29H31F3N4O4. The molecule has 2 aromatic rings. The van der Waals surface area contributed by atoms with Gasteiger partial charge in [0.25, 0.3) is 5.91 Å². The van der Waals surface area contributed by atoms with Crippen molar-refractivity contribution in [2.45, 2.75) is 63.4 Å². The number of fused-ring (bicyclic) bond motifs is 1. The highest BCUT2D eigenvalue weighted by Gasteiger charge is 2.41. The molecule has 3 amide bonds. The average molecular weight is 557 g/mol. The third-order valence-electron chi connectivity index (χ3n) is 7.39. The van der Waals surface area contributed by atoms with E-state index in [1.54, 1.807) is 18.2 Å². The number of hydrogen-bond acceptors (Lipinski definition) is 5. The molecule has 40 heavy (non-hydrogen) atoms. The lowest BCUT2D eigenvalue weighted by molar-refractivity contribution is -0.146.